The second-order valence-corrected chi connectivity index (χ2v) is 8.08. The summed E-state index contributed by atoms with van der Waals surface area (Å²) >= 11 is 0. The molecule has 1 saturated carbocycles. The van der Waals surface area contributed by atoms with E-state index in [-0.39, 0.29) is 11.9 Å². The van der Waals surface area contributed by atoms with Crippen LogP contribution in [0.25, 0.3) is 16.7 Å². The molecule has 5 rings (SSSR count). The van der Waals surface area contributed by atoms with Crippen molar-refractivity contribution in [1.29, 1.82) is 0 Å². The number of nitrogens with one attached hydrogen (secondary N) is 2. The summed E-state index contributed by atoms with van der Waals surface area (Å²) in [5.74, 6) is 0.556. The molecule has 0 radical (unpaired) electrons. The molecule has 2 aromatic carbocycles. The van der Waals surface area contributed by atoms with E-state index in [1.165, 1.54) is 32.1 Å². The standard InChI is InChI=1S/C23H25N7O/c31-23(25-17-8-4-2-1-3-5-9-17)16-12-14-18(15-13-16)24-21-22-27-28-29-30(22)20-11-7-6-10-19(20)26-21/h6-7,10-15,17H,1-5,8-9H2,(H,24,26)(H,25,31). The zero-order chi connectivity index (χ0) is 21.0. The third-order valence-corrected chi connectivity index (χ3v) is 5.87. The lowest BCUT2D eigenvalue weighted by molar-refractivity contribution is 0.0930. The van der Waals surface area contributed by atoms with E-state index in [2.05, 4.69) is 31.1 Å². The van der Waals surface area contributed by atoms with E-state index in [0.29, 0.717) is 17.0 Å². The molecule has 0 spiro atoms. The van der Waals surface area contributed by atoms with Crippen LogP contribution in [0.15, 0.2) is 48.5 Å². The fourth-order valence-electron chi connectivity index (χ4n) is 4.20. The van der Waals surface area contributed by atoms with Crippen LogP contribution in [0.1, 0.15) is 55.3 Å². The highest BCUT2D eigenvalue weighted by Crippen LogP contribution is 2.23. The van der Waals surface area contributed by atoms with Crippen molar-refractivity contribution in [2.75, 3.05) is 5.32 Å². The molecule has 4 aromatic rings. The molecule has 0 saturated heterocycles. The highest BCUT2D eigenvalue weighted by Gasteiger charge is 2.16. The molecule has 31 heavy (non-hydrogen) atoms. The lowest BCUT2D eigenvalue weighted by atomic mass is 9.96. The Morgan fingerprint density at radius 3 is 2.48 bits per heavy atom. The molecule has 2 heterocycles. The number of fused-ring (bicyclic) bond motifs is 3. The minimum absolute atomic E-state index is 0.00926. The first-order chi connectivity index (χ1) is 15.3. The van der Waals surface area contributed by atoms with Crippen molar-refractivity contribution in [2.45, 2.75) is 51.0 Å². The summed E-state index contributed by atoms with van der Waals surface area (Å²) in [6, 6.07) is 15.4. The zero-order valence-electron chi connectivity index (χ0n) is 17.3. The minimum Gasteiger partial charge on any atom is -0.349 e. The summed E-state index contributed by atoms with van der Waals surface area (Å²) in [7, 11) is 0. The van der Waals surface area contributed by atoms with Crippen LogP contribution in [-0.4, -0.2) is 37.0 Å². The van der Waals surface area contributed by atoms with Gasteiger partial charge in [-0.15, -0.1) is 5.10 Å². The van der Waals surface area contributed by atoms with Gasteiger partial charge >= 0.3 is 0 Å². The summed E-state index contributed by atoms with van der Waals surface area (Å²) in [6.07, 6.45) is 8.38. The topological polar surface area (TPSA) is 97.1 Å². The largest absolute Gasteiger partial charge is 0.349 e. The SMILES string of the molecule is O=C(NC1CCCCCCC1)c1ccc(Nc2nc3ccccc3n3nnnc23)cc1. The van der Waals surface area contributed by atoms with Crippen LogP contribution >= 0.6 is 0 Å². The van der Waals surface area contributed by atoms with E-state index >= 15 is 0 Å². The van der Waals surface area contributed by atoms with E-state index in [1.807, 2.05) is 48.5 Å². The van der Waals surface area contributed by atoms with Gasteiger partial charge in [-0.25, -0.2) is 4.98 Å². The normalized spacial score (nSPS) is 15.5. The number of rotatable bonds is 4. The first-order valence-corrected chi connectivity index (χ1v) is 10.9. The highest BCUT2D eigenvalue weighted by atomic mass is 16.1. The van der Waals surface area contributed by atoms with E-state index < -0.39 is 0 Å². The van der Waals surface area contributed by atoms with Crippen molar-refractivity contribution in [3.63, 3.8) is 0 Å². The maximum Gasteiger partial charge on any atom is 0.251 e. The lowest BCUT2D eigenvalue weighted by Crippen LogP contribution is -2.35. The van der Waals surface area contributed by atoms with E-state index in [9.17, 15) is 4.79 Å². The first kappa shape index (κ1) is 19.4. The van der Waals surface area contributed by atoms with Crippen LogP contribution < -0.4 is 10.6 Å². The van der Waals surface area contributed by atoms with Gasteiger partial charge in [0.25, 0.3) is 5.91 Å². The fourth-order valence-corrected chi connectivity index (χ4v) is 4.20. The molecule has 1 fully saturated rings. The number of aromatic nitrogens is 5. The molecule has 1 amide bonds. The summed E-state index contributed by atoms with van der Waals surface area (Å²) in [6.45, 7) is 0. The average molecular weight is 416 g/mol. The Morgan fingerprint density at radius 2 is 1.68 bits per heavy atom. The van der Waals surface area contributed by atoms with E-state index in [4.69, 9.17) is 0 Å². The van der Waals surface area contributed by atoms with E-state index in [1.54, 1.807) is 4.52 Å². The smallest absolute Gasteiger partial charge is 0.251 e. The third kappa shape index (κ3) is 4.19. The predicted octanol–water partition coefficient (Wildman–Crippen LogP) is 4.26. The predicted molar refractivity (Wildman–Crippen MR) is 119 cm³/mol. The van der Waals surface area contributed by atoms with Gasteiger partial charge in [-0.2, -0.15) is 4.52 Å². The number of amides is 1. The molecule has 8 nitrogen and oxygen atoms in total. The van der Waals surface area contributed by atoms with Gasteiger partial charge in [-0.3, -0.25) is 4.79 Å². The second kappa shape index (κ2) is 8.67. The van der Waals surface area contributed by atoms with Crippen LogP contribution in [0.5, 0.6) is 0 Å². The summed E-state index contributed by atoms with van der Waals surface area (Å²) < 4.78 is 1.67. The Labute approximate surface area is 180 Å². The van der Waals surface area contributed by atoms with Crippen LogP contribution in [0.4, 0.5) is 11.5 Å². The van der Waals surface area contributed by atoms with Gasteiger partial charge in [0.05, 0.1) is 11.0 Å². The fraction of sp³-hybridized carbons (Fsp3) is 0.348. The van der Waals surface area contributed by atoms with Crippen molar-refractivity contribution in [3.05, 3.63) is 54.1 Å². The molecule has 2 aromatic heterocycles. The molecule has 8 heteroatoms. The van der Waals surface area contributed by atoms with Crippen LogP contribution in [0, 0.1) is 0 Å². The van der Waals surface area contributed by atoms with Gasteiger partial charge in [0.2, 0.25) is 5.65 Å². The van der Waals surface area contributed by atoms with Crippen molar-refractivity contribution in [2.24, 2.45) is 0 Å². The zero-order valence-corrected chi connectivity index (χ0v) is 17.3. The number of carbonyl (C=O) groups is 1. The summed E-state index contributed by atoms with van der Waals surface area (Å²) in [5.41, 5.74) is 3.66. The van der Waals surface area contributed by atoms with Crippen molar-refractivity contribution >= 4 is 34.1 Å². The average Bonchev–Trinajstić information content (AvgIpc) is 3.27. The van der Waals surface area contributed by atoms with Crippen molar-refractivity contribution < 1.29 is 4.79 Å². The molecule has 158 valence electrons. The van der Waals surface area contributed by atoms with Gasteiger partial charge in [0.1, 0.15) is 0 Å². The molecular formula is C23H25N7O. The molecular weight excluding hydrogens is 390 g/mol. The monoisotopic (exact) mass is 415 g/mol. The van der Waals surface area contributed by atoms with Crippen LogP contribution in [0.3, 0.4) is 0 Å². The number of hydrogen-bond acceptors (Lipinski definition) is 6. The molecule has 0 unspecified atom stereocenters. The molecule has 0 bridgehead atoms. The molecule has 0 aliphatic heterocycles. The first-order valence-electron chi connectivity index (χ1n) is 10.9. The molecule has 2 N–H and O–H groups in total. The number of para-hydroxylation sites is 2. The summed E-state index contributed by atoms with van der Waals surface area (Å²) in [5, 5.41) is 18.5. The molecule has 1 aliphatic carbocycles. The number of benzene rings is 2. The Balaban J connectivity index is 1.32. The molecule has 0 atom stereocenters. The molecule has 1 aliphatic rings. The number of tetrazole rings is 1. The Morgan fingerprint density at radius 1 is 0.935 bits per heavy atom. The van der Waals surface area contributed by atoms with Crippen molar-refractivity contribution in [3.8, 4) is 0 Å². The Kier molecular flexibility index (Phi) is 5.43. The Hall–Kier alpha value is -3.55. The highest BCUT2D eigenvalue weighted by molar-refractivity contribution is 5.95. The van der Waals surface area contributed by atoms with Gasteiger partial charge in [-0.05, 0) is 59.7 Å². The minimum atomic E-state index is -0.00926. The summed E-state index contributed by atoms with van der Waals surface area (Å²) in [4.78, 5) is 17.4. The maximum atomic E-state index is 12.7. The third-order valence-electron chi connectivity index (χ3n) is 5.87. The lowest BCUT2D eigenvalue weighted by Gasteiger charge is -2.21. The van der Waals surface area contributed by atoms with Gasteiger partial charge in [0, 0.05) is 17.3 Å². The Bertz CT molecular complexity index is 1190. The quantitative estimate of drug-likeness (QED) is 0.517. The number of carbonyl (C=O) groups excluding carboxylic acids is 1. The number of hydrogen-bond donors (Lipinski definition) is 2. The van der Waals surface area contributed by atoms with Crippen LogP contribution in [0.2, 0.25) is 0 Å². The van der Waals surface area contributed by atoms with E-state index in [0.717, 1.165) is 29.6 Å². The number of anilines is 2. The van der Waals surface area contributed by atoms with Crippen molar-refractivity contribution in [1.82, 2.24) is 30.3 Å². The van der Waals surface area contributed by atoms with Gasteiger partial charge < -0.3 is 10.6 Å². The van der Waals surface area contributed by atoms with Gasteiger partial charge in [0.15, 0.2) is 5.82 Å². The number of nitrogens with zero attached hydrogens (tertiary/aromatic N) is 5. The second-order valence-electron chi connectivity index (χ2n) is 8.08. The van der Waals surface area contributed by atoms with Crippen LogP contribution in [-0.2, 0) is 0 Å². The maximum absolute atomic E-state index is 12.7. The van der Waals surface area contributed by atoms with Gasteiger partial charge in [-0.1, -0.05) is 44.2 Å².